The van der Waals surface area contributed by atoms with Crippen LogP contribution in [-0.2, 0) is 22.7 Å². The molecule has 5 rings (SSSR count). The van der Waals surface area contributed by atoms with Gasteiger partial charge in [-0.25, -0.2) is 8.42 Å². The summed E-state index contributed by atoms with van der Waals surface area (Å²) in [5.41, 5.74) is 6.11. The number of amides is 1. The molecular weight excluding hydrogens is 364 g/mol. The molecule has 1 aliphatic carbocycles. The molecule has 1 amide bonds. The van der Waals surface area contributed by atoms with Crippen LogP contribution in [0.5, 0.6) is 0 Å². The molecule has 1 fully saturated rings. The number of sulfone groups is 1. The minimum Gasteiger partial charge on any atom is -0.353 e. The van der Waals surface area contributed by atoms with E-state index in [2.05, 4.69) is 20.5 Å². The SMILES string of the molecule is O=C(NC1CCS(=O)(=O)CC1)c1ccc2[nH]c3c(c2c1)CCc1cn[nH]c1-3. The van der Waals surface area contributed by atoms with Gasteiger partial charge >= 0.3 is 0 Å². The predicted octanol–water partition coefficient (Wildman–Crippen LogP) is 1.96. The Hall–Kier alpha value is -2.61. The lowest BCUT2D eigenvalue weighted by molar-refractivity contribution is 0.0934. The highest BCUT2D eigenvalue weighted by Crippen LogP contribution is 2.36. The van der Waals surface area contributed by atoms with Crippen LogP contribution in [0.15, 0.2) is 24.4 Å². The van der Waals surface area contributed by atoms with E-state index in [9.17, 15) is 13.2 Å². The van der Waals surface area contributed by atoms with Crippen molar-refractivity contribution < 1.29 is 13.2 Å². The molecule has 0 radical (unpaired) electrons. The number of aromatic nitrogens is 3. The maximum atomic E-state index is 12.7. The summed E-state index contributed by atoms with van der Waals surface area (Å²) in [6.45, 7) is 0. The second kappa shape index (κ2) is 5.95. The van der Waals surface area contributed by atoms with Crippen molar-refractivity contribution in [2.24, 2.45) is 0 Å². The minimum absolute atomic E-state index is 0.0792. The lowest BCUT2D eigenvalue weighted by Crippen LogP contribution is -2.40. The molecule has 1 aliphatic heterocycles. The molecule has 3 aromatic rings. The average molecular weight is 384 g/mol. The molecule has 1 saturated heterocycles. The standard InChI is InChI=1S/C19H20N4O3S/c24-19(21-13-5-7-27(25,26)8-6-13)11-2-4-16-15(9-11)14-3-1-12-10-20-23-17(12)18(14)22-16/h2,4,9-10,13,22H,1,3,5-8H2,(H,20,23)(H,21,24). The van der Waals surface area contributed by atoms with Crippen molar-refractivity contribution in [2.45, 2.75) is 31.7 Å². The first kappa shape index (κ1) is 16.6. The molecule has 3 heterocycles. The van der Waals surface area contributed by atoms with Crippen LogP contribution in [0.3, 0.4) is 0 Å². The molecule has 2 aliphatic rings. The quantitative estimate of drug-likeness (QED) is 0.628. The van der Waals surface area contributed by atoms with Gasteiger partial charge in [-0.05, 0) is 55.0 Å². The molecule has 0 atom stereocenters. The fraction of sp³-hybridized carbons (Fsp3) is 0.368. The van der Waals surface area contributed by atoms with Crippen LogP contribution in [-0.4, -0.2) is 47.1 Å². The second-order valence-corrected chi connectivity index (χ2v) is 9.71. The lowest BCUT2D eigenvalue weighted by atomic mass is 9.93. The number of H-pyrrole nitrogens is 2. The van der Waals surface area contributed by atoms with E-state index >= 15 is 0 Å². The van der Waals surface area contributed by atoms with Gasteiger partial charge in [0.05, 0.1) is 29.1 Å². The number of nitrogens with zero attached hydrogens (tertiary/aromatic N) is 1. The van der Waals surface area contributed by atoms with Gasteiger partial charge in [0.1, 0.15) is 9.84 Å². The number of fused-ring (bicyclic) bond motifs is 5. The average Bonchev–Trinajstić information content (AvgIpc) is 3.26. The normalized spacial score (nSPS) is 18.8. The first-order valence-corrected chi connectivity index (χ1v) is 11.0. The third-order valence-electron chi connectivity index (χ3n) is 5.67. The van der Waals surface area contributed by atoms with Crippen molar-refractivity contribution in [3.63, 3.8) is 0 Å². The zero-order valence-electron chi connectivity index (χ0n) is 14.7. The van der Waals surface area contributed by atoms with Crippen molar-refractivity contribution in [3.8, 4) is 11.4 Å². The van der Waals surface area contributed by atoms with Gasteiger partial charge in [-0.15, -0.1) is 0 Å². The number of nitrogens with one attached hydrogen (secondary N) is 3. The van der Waals surface area contributed by atoms with Crippen molar-refractivity contribution >= 4 is 26.6 Å². The van der Waals surface area contributed by atoms with Gasteiger partial charge in [-0.2, -0.15) is 5.10 Å². The molecule has 0 saturated carbocycles. The number of hydrogen-bond acceptors (Lipinski definition) is 4. The van der Waals surface area contributed by atoms with Gasteiger partial charge in [-0.1, -0.05) is 0 Å². The lowest BCUT2D eigenvalue weighted by Gasteiger charge is -2.23. The van der Waals surface area contributed by atoms with Crippen LogP contribution < -0.4 is 5.32 Å². The summed E-state index contributed by atoms with van der Waals surface area (Å²) in [4.78, 5) is 16.1. The Labute approximate surface area is 156 Å². The molecule has 0 spiro atoms. The van der Waals surface area contributed by atoms with Crippen LogP contribution in [0.4, 0.5) is 0 Å². The van der Waals surface area contributed by atoms with Gasteiger partial charge in [0.2, 0.25) is 0 Å². The fourth-order valence-electron chi connectivity index (χ4n) is 4.14. The van der Waals surface area contributed by atoms with Crippen molar-refractivity contribution in [2.75, 3.05) is 11.5 Å². The molecule has 3 N–H and O–H groups in total. The van der Waals surface area contributed by atoms with Crippen LogP contribution in [0.25, 0.3) is 22.3 Å². The zero-order valence-corrected chi connectivity index (χ0v) is 15.5. The summed E-state index contributed by atoms with van der Waals surface area (Å²) >= 11 is 0. The Morgan fingerprint density at radius 1 is 1.15 bits per heavy atom. The highest BCUT2D eigenvalue weighted by atomic mass is 32.2. The Morgan fingerprint density at radius 2 is 1.96 bits per heavy atom. The second-order valence-electron chi connectivity index (χ2n) is 7.41. The third-order valence-corrected chi connectivity index (χ3v) is 7.39. The van der Waals surface area contributed by atoms with Crippen LogP contribution in [0.1, 0.15) is 34.3 Å². The van der Waals surface area contributed by atoms with Gasteiger partial charge in [0, 0.05) is 22.5 Å². The summed E-state index contributed by atoms with van der Waals surface area (Å²) in [6.07, 6.45) is 4.68. The Balaban J connectivity index is 1.43. The maximum Gasteiger partial charge on any atom is 0.251 e. The molecule has 0 unspecified atom stereocenters. The van der Waals surface area contributed by atoms with E-state index < -0.39 is 9.84 Å². The first-order chi connectivity index (χ1) is 13.0. The van der Waals surface area contributed by atoms with E-state index in [0.29, 0.717) is 18.4 Å². The smallest absolute Gasteiger partial charge is 0.251 e. The Bertz CT molecular complexity index is 1150. The summed E-state index contributed by atoms with van der Waals surface area (Å²) in [5.74, 6) is 0.151. The van der Waals surface area contributed by atoms with E-state index in [0.717, 1.165) is 35.1 Å². The predicted molar refractivity (Wildman–Crippen MR) is 102 cm³/mol. The Kier molecular flexibility index (Phi) is 3.65. The zero-order chi connectivity index (χ0) is 18.6. The summed E-state index contributed by atoms with van der Waals surface area (Å²) in [6, 6.07) is 5.60. The summed E-state index contributed by atoms with van der Waals surface area (Å²) in [7, 11) is -2.93. The van der Waals surface area contributed by atoms with Crippen LogP contribution in [0.2, 0.25) is 0 Å². The topological polar surface area (TPSA) is 108 Å². The van der Waals surface area contributed by atoms with Crippen molar-refractivity contribution in [1.29, 1.82) is 0 Å². The molecule has 0 bridgehead atoms. The number of rotatable bonds is 2. The van der Waals surface area contributed by atoms with E-state index in [-0.39, 0.29) is 23.5 Å². The fourth-order valence-corrected chi connectivity index (χ4v) is 5.63. The molecule has 7 nitrogen and oxygen atoms in total. The van der Waals surface area contributed by atoms with Crippen LogP contribution in [0, 0.1) is 0 Å². The van der Waals surface area contributed by atoms with Gasteiger partial charge < -0.3 is 10.3 Å². The first-order valence-electron chi connectivity index (χ1n) is 9.19. The monoisotopic (exact) mass is 384 g/mol. The molecule has 140 valence electrons. The van der Waals surface area contributed by atoms with E-state index in [1.54, 1.807) is 0 Å². The number of carbonyl (C=O) groups is 1. The number of benzene rings is 1. The van der Waals surface area contributed by atoms with Crippen LogP contribution >= 0.6 is 0 Å². The maximum absolute atomic E-state index is 12.7. The molecule has 8 heteroatoms. The van der Waals surface area contributed by atoms with Gasteiger partial charge in [0.25, 0.3) is 5.91 Å². The van der Waals surface area contributed by atoms with E-state index in [1.807, 2.05) is 24.4 Å². The van der Waals surface area contributed by atoms with Crippen molar-refractivity contribution in [1.82, 2.24) is 20.5 Å². The highest BCUT2D eigenvalue weighted by Gasteiger charge is 2.26. The largest absolute Gasteiger partial charge is 0.353 e. The van der Waals surface area contributed by atoms with E-state index in [4.69, 9.17) is 0 Å². The molecule has 1 aromatic carbocycles. The number of aryl methyl sites for hydroxylation is 2. The summed E-state index contributed by atoms with van der Waals surface area (Å²) < 4.78 is 23.1. The molecular formula is C19H20N4O3S. The van der Waals surface area contributed by atoms with Gasteiger partial charge in [0.15, 0.2) is 0 Å². The van der Waals surface area contributed by atoms with Crippen molar-refractivity contribution in [3.05, 3.63) is 41.1 Å². The summed E-state index contributed by atoms with van der Waals surface area (Å²) in [5, 5.41) is 11.3. The number of carbonyl (C=O) groups excluding carboxylic acids is 1. The van der Waals surface area contributed by atoms with Gasteiger partial charge in [-0.3, -0.25) is 9.89 Å². The molecule has 27 heavy (non-hydrogen) atoms. The third kappa shape index (κ3) is 2.84. The number of aromatic amines is 2. The number of hydrogen-bond donors (Lipinski definition) is 3. The molecule has 2 aromatic heterocycles. The Morgan fingerprint density at radius 3 is 2.78 bits per heavy atom. The van der Waals surface area contributed by atoms with E-state index in [1.165, 1.54) is 11.1 Å². The minimum atomic E-state index is -2.93. The highest BCUT2D eigenvalue weighted by molar-refractivity contribution is 7.91.